The van der Waals surface area contributed by atoms with E-state index >= 15 is 0 Å². The first-order valence-electron chi connectivity index (χ1n) is 9.28. The van der Waals surface area contributed by atoms with E-state index in [-0.39, 0.29) is 35.1 Å². The van der Waals surface area contributed by atoms with Gasteiger partial charge in [0.25, 0.3) is 5.69 Å². The SMILES string of the molecule is CC(=O)c1cccc(N2C(SCc3ccc([N+](=O)[O-])cc3)=N[C@H]3CS(=O)(=O)C[C@@H]32)c1. The molecule has 2 aromatic carbocycles. The summed E-state index contributed by atoms with van der Waals surface area (Å²) in [6, 6.07) is 12.8. The smallest absolute Gasteiger partial charge is 0.269 e. The Hall–Kier alpha value is -2.72. The number of non-ortho nitro benzene ring substituents is 1. The number of carbonyl (C=O) groups excluding carboxylic acids is 1. The molecule has 0 aliphatic carbocycles. The fourth-order valence-corrected chi connectivity index (χ4v) is 6.59. The number of rotatable bonds is 5. The summed E-state index contributed by atoms with van der Waals surface area (Å²) in [6.07, 6.45) is 0. The molecular weight excluding hydrogens is 426 g/mol. The molecule has 8 nitrogen and oxygen atoms in total. The molecule has 4 rings (SSSR count). The molecule has 0 bridgehead atoms. The van der Waals surface area contributed by atoms with Crippen molar-refractivity contribution in [2.24, 2.45) is 4.99 Å². The summed E-state index contributed by atoms with van der Waals surface area (Å²) in [5.41, 5.74) is 2.22. The number of carbonyl (C=O) groups is 1. The Morgan fingerprint density at radius 2 is 1.97 bits per heavy atom. The van der Waals surface area contributed by atoms with Gasteiger partial charge in [-0.05, 0) is 24.6 Å². The van der Waals surface area contributed by atoms with Crippen LogP contribution in [-0.4, -0.2) is 47.9 Å². The quantitative estimate of drug-likeness (QED) is 0.395. The van der Waals surface area contributed by atoms with Crippen molar-refractivity contribution in [3.05, 3.63) is 69.8 Å². The Morgan fingerprint density at radius 3 is 2.63 bits per heavy atom. The van der Waals surface area contributed by atoms with Crippen molar-refractivity contribution in [3.63, 3.8) is 0 Å². The fraction of sp³-hybridized carbons (Fsp3) is 0.300. The molecule has 2 atom stereocenters. The Labute approximate surface area is 178 Å². The maximum Gasteiger partial charge on any atom is 0.269 e. The maximum atomic E-state index is 12.2. The van der Waals surface area contributed by atoms with E-state index in [1.807, 2.05) is 11.0 Å². The van der Waals surface area contributed by atoms with E-state index in [2.05, 4.69) is 4.99 Å². The maximum absolute atomic E-state index is 12.2. The zero-order chi connectivity index (χ0) is 21.5. The lowest BCUT2D eigenvalue weighted by atomic mass is 10.1. The van der Waals surface area contributed by atoms with Gasteiger partial charge >= 0.3 is 0 Å². The van der Waals surface area contributed by atoms with Gasteiger partial charge in [0.15, 0.2) is 20.8 Å². The number of anilines is 1. The monoisotopic (exact) mass is 445 g/mol. The van der Waals surface area contributed by atoms with Gasteiger partial charge in [0, 0.05) is 29.1 Å². The highest BCUT2D eigenvalue weighted by molar-refractivity contribution is 8.13. The Morgan fingerprint density at radius 1 is 1.23 bits per heavy atom. The average Bonchev–Trinajstić information content (AvgIpc) is 3.17. The van der Waals surface area contributed by atoms with Gasteiger partial charge in [-0.25, -0.2) is 8.42 Å². The number of nitrogens with zero attached hydrogens (tertiary/aromatic N) is 3. The molecule has 1 saturated heterocycles. The molecule has 0 saturated carbocycles. The van der Waals surface area contributed by atoms with E-state index in [1.54, 1.807) is 30.3 Å². The topological polar surface area (TPSA) is 110 Å². The van der Waals surface area contributed by atoms with Crippen LogP contribution in [0.3, 0.4) is 0 Å². The molecule has 1 fully saturated rings. The number of Topliss-reactive ketones (excluding diaryl/α,β-unsaturated/α-hetero) is 1. The second-order valence-electron chi connectivity index (χ2n) is 7.31. The van der Waals surface area contributed by atoms with Gasteiger partial charge in [-0.1, -0.05) is 36.0 Å². The number of amidine groups is 1. The second-order valence-corrected chi connectivity index (χ2v) is 10.4. The van der Waals surface area contributed by atoms with E-state index < -0.39 is 14.8 Å². The first-order chi connectivity index (χ1) is 14.2. The zero-order valence-corrected chi connectivity index (χ0v) is 17.7. The molecule has 2 aliphatic rings. The third kappa shape index (κ3) is 4.10. The second kappa shape index (κ2) is 7.84. The number of nitro groups is 1. The number of benzene rings is 2. The van der Waals surface area contributed by atoms with Crippen molar-refractivity contribution in [1.82, 2.24) is 0 Å². The lowest BCUT2D eigenvalue weighted by Gasteiger charge is -2.26. The number of thioether (sulfide) groups is 1. The summed E-state index contributed by atoms with van der Waals surface area (Å²) in [7, 11) is -3.17. The minimum absolute atomic E-state index is 0.0160. The third-order valence-electron chi connectivity index (χ3n) is 5.15. The van der Waals surface area contributed by atoms with Crippen LogP contribution in [0.2, 0.25) is 0 Å². The van der Waals surface area contributed by atoms with E-state index in [0.717, 1.165) is 11.3 Å². The fourth-order valence-electron chi connectivity index (χ4n) is 3.67. The minimum Gasteiger partial charge on any atom is -0.315 e. The summed E-state index contributed by atoms with van der Waals surface area (Å²) in [4.78, 5) is 28.8. The summed E-state index contributed by atoms with van der Waals surface area (Å²) in [5, 5.41) is 11.5. The van der Waals surface area contributed by atoms with Crippen LogP contribution in [0.1, 0.15) is 22.8 Å². The molecule has 2 heterocycles. The molecule has 2 aromatic rings. The van der Waals surface area contributed by atoms with Gasteiger partial charge in [-0.2, -0.15) is 0 Å². The van der Waals surface area contributed by atoms with Crippen molar-refractivity contribution in [1.29, 1.82) is 0 Å². The number of hydrogen-bond acceptors (Lipinski definition) is 8. The molecule has 0 amide bonds. The molecule has 10 heteroatoms. The zero-order valence-electron chi connectivity index (χ0n) is 16.1. The van der Waals surface area contributed by atoms with Crippen LogP contribution in [0.5, 0.6) is 0 Å². The number of nitro benzene ring substituents is 1. The van der Waals surface area contributed by atoms with E-state index in [9.17, 15) is 23.3 Å². The number of sulfone groups is 1. The van der Waals surface area contributed by atoms with Crippen LogP contribution in [0.4, 0.5) is 11.4 Å². The van der Waals surface area contributed by atoms with E-state index in [1.165, 1.54) is 30.8 Å². The molecule has 0 spiro atoms. The average molecular weight is 446 g/mol. The summed E-state index contributed by atoms with van der Waals surface area (Å²) >= 11 is 1.45. The van der Waals surface area contributed by atoms with Crippen LogP contribution in [0.25, 0.3) is 0 Å². The first-order valence-corrected chi connectivity index (χ1v) is 12.1. The van der Waals surface area contributed by atoms with Crippen molar-refractivity contribution in [2.45, 2.75) is 24.8 Å². The largest absolute Gasteiger partial charge is 0.315 e. The highest BCUT2D eigenvalue weighted by Gasteiger charge is 2.47. The Bertz CT molecular complexity index is 1150. The van der Waals surface area contributed by atoms with E-state index in [4.69, 9.17) is 0 Å². The normalized spacial score (nSPS) is 21.9. The molecule has 156 valence electrons. The molecule has 0 radical (unpaired) electrons. The lowest BCUT2D eigenvalue weighted by molar-refractivity contribution is -0.384. The van der Waals surface area contributed by atoms with Gasteiger partial charge in [0.05, 0.1) is 28.5 Å². The molecule has 0 N–H and O–H groups in total. The molecule has 0 aromatic heterocycles. The van der Waals surface area contributed by atoms with Crippen LogP contribution < -0.4 is 4.90 Å². The molecule has 0 unspecified atom stereocenters. The van der Waals surface area contributed by atoms with Gasteiger partial charge in [-0.3, -0.25) is 19.9 Å². The van der Waals surface area contributed by atoms with Crippen molar-refractivity contribution in [2.75, 3.05) is 16.4 Å². The number of fused-ring (bicyclic) bond motifs is 1. The van der Waals surface area contributed by atoms with Crippen LogP contribution >= 0.6 is 11.8 Å². The van der Waals surface area contributed by atoms with Gasteiger partial charge in [0.1, 0.15) is 0 Å². The standard InChI is InChI=1S/C20H19N3O5S2/c1-13(24)15-3-2-4-17(9-15)22-19-12-30(27,28)11-18(19)21-20(22)29-10-14-5-7-16(8-6-14)23(25)26/h2-9,18-19H,10-12H2,1H3/t18-,19-/m0/s1. The number of ketones is 1. The Kier molecular flexibility index (Phi) is 5.37. The summed E-state index contributed by atoms with van der Waals surface area (Å²) < 4.78 is 24.3. The number of hydrogen-bond donors (Lipinski definition) is 0. The lowest BCUT2D eigenvalue weighted by Crippen LogP contribution is -2.39. The predicted octanol–water partition coefficient (Wildman–Crippen LogP) is 3.07. The predicted molar refractivity (Wildman–Crippen MR) is 117 cm³/mol. The highest BCUT2D eigenvalue weighted by Crippen LogP contribution is 2.36. The van der Waals surface area contributed by atoms with Crippen molar-refractivity contribution in [3.8, 4) is 0 Å². The van der Waals surface area contributed by atoms with Crippen molar-refractivity contribution < 1.29 is 18.1 Å². The molecular formula is C20H19N3O5S2. The van der Waals surface area contributed by atoms with Crippen LogP contribution in [0.15, 0.2) is 53.5 Å². The number of aliphatic imine (C=N–C) groups is 1. The summed E-state index contributed by atoms with van der Waals surface area (Å²) in [6.45, 7) is 1.49. The third-order valence-corrected chi connectivity index (χ3v) is 7.89. The van der Waals surface area contributed by atoms with Crippen molar-refractivity contribution >= 4 is 43.9 Å². The van der Waals surface area contributed by atoms with Gasteiger partial charge < -0.3 is 4.90 Å². The van der Waals surface area contributed by atoms with Gasteiger partial charge in [-0.15, -0.1) is 0 Å². The molecule has 30 heavy (non-hydrogen) atoms. The minimum atomic E-state index is -3.17. The van der Waals surface area contributed by atoms with Gasteiger partial charge in [0.2, 0.25) is 0 Å². The summed E-state index contributed by atoms with van der Waals surface area (Å²) in [5.74, 6) is 0.505. The van der Waals surface area contributed by atoms with E-state index in [0.29, 0.717) is 16.5 Å². The Balaban J connectivity index is 1.60. The van der Waals surface area contributed by atoms with Crippen LogP contribution in [0, 0.1) is 10.1 Å². The molecule has 2 aliphatic heterocycles. The van der Waals surface area contributed by atoms with Crippen LogP contribution in [-0.2, 0) is 15.6 Å². The first kappa shape index (κ1) is 20.5. The highest BCUT2D eigenvalue weighted by atomic mass is 32.2.